The Morgan fingerprint density at radius 3 is 2.64 bits per heavy atom. The van der Waals surface area contributed by atoms with Gasteiger partial charge < -0.3 is 15.3 Å². The first-order chi connectivity index (χ1) is 6.56. The summed E-state index contributed by atoms with van der Waals surface area (Å²) in [6.45, 7) is 4.07. The maximum atomic E-state index is 10.6. The molecule has 0 aliphatic heterocycles. The van der Waals surface area contributed by atoms with E-state index >= 15 is 0 Å². The highest BCUT2D eigenvalue weighted by atomic mass is 16.4. The Kier molecular flexibility index (Phi) is 3.30. The molecule has 1 aromatic rings. The van der Waals surface area contributed by atoms with Gasteiger partial charge in [-0.05, 0) is 18.6 Å². The van der Waals surface area contributed by atoms with Gasteiger partial charge >= 0.3 is 5.97 Å². The fourth-order valence-corrected chi connectivity index (χ4v) is 1.12. The maximum Gasteiger partial charge on any atom is 0.328 e. The highest BCUT2D eigenvalue weighted by molar-refractivity contribution is 5.74. The van der Waals surface area contributed by atoms with E-state index in [2.05, 4.69) is 0 Å². The molecule has 1 heterocycles. The van der Waals surface area contributed by atoms with E-state index in [0.29, 0.717) is 11.7 Å². The lowest BCUT2D eigenvalue weighted by Crippen LogP contribution is -2.19. The third kappa shape index (κ3) is 2.14. The number of hydrogen-bond acceptors (Lipinski definition) is 3. The van der Waals surface area contributed by atoms with E-state index < -0.39 is 12.0 Å². The van der Waals surface area contributed by atoms with Crippen LogP contribution in [0.4, 0.5) is 0 Å². The molecule has 1 aromatic heterocycles. The number of hydrogen-bond donors (Lipinski definition) is 2. The van der Waals surface area contributed by atoms with Crippen molar-refractivity contribution in [3.8, 4) is 0 Å². The molecule has 0 saturated heterocycles. The molecule has 2 atom stereocenters. The summed E-state index contributed by atoms with van der Waals surface area (Å²) in [7, 11) is 0. The second kappa shape index (κ2) is 4.28. The van der Waals surface area contributed by atoms with Crippen LogP contribution in [0.15, 0.2) is 16.5 Å². The van der Waals surface area contributed by atoms with Crippen molar-refractivity contribution in [2.45, 2.75) is 32.2 Å². The number of carboxylic acid groups (broad SMARTS) is 1. The summed E-state index contributed by atoms with van der Waals surface area (Å²) < 4.78 is 5.35. The van der Waals surface area contributed by atoms with Crippen LogP contribution in [-0.2, 0) is 4.79 Å². The van der Waals surface area contributed by atoms with Crippen molar-refractivity contribution in [2.75, 3.05) is 0 Å². The van der Waals surface area contributed by atoms with Crippen molar-refractivity contribution < 1.29 is 14.3 Å². The lowest BCUT2D eigenvalue weighted by Gasteiger charge is -2.05. The zero-order valence-corrected chi connectivity index (χ0v) is 8.36. The SMILES string of the molecule is CCC(C)c1ccc(C(N)C(=O)O)o1. The summed E-state index contributed by atoms with van der Waals surface area (Å²) >= 11 is 0. The molecule has 0 aliphatic carbocycles. The predicted octanol–water partition coefficient (Wildman–Crippen LogP) is 1.88. The first-order valence-electron chi connectivity index (χ1n) is 4.64. The topological polar surface area (TPSA) is 76.5 Å². The first kappa shape index (κ1) is 10.8. The van der Waals surface area contributed by atoms with Crippen LogP contribution in [0.5, 0.6) is 0 Å². The summed E-state index contributed by atoms with van der Waals surface area (Å²) in [4.78, 5) is 10.6. The van der Waals surface area contributed by atoms with E-state index in [1.807, 2.05) is 13.8 Å². The summed E-state index contributed by atoms with van der Waals surface area (Å²) in [5.74, 6) is 0.326. The van der Waals surface area contributed by atoms with E-state index in [1.165, 1.54) is 0 Å². The highest BCUT2D eigenvalue weighted by Gasteiger charge is 2.19. The van der Waals surface area contributed by atoms with Gasteiger partial charge in [-0.15, -0.1) is 0 Å². The molecule has 0 fully saturated rings. The third-order valence-corrected chi connectivity index (χ3v) is 2.32. The molecule has 3 N–H and O–H groups in total. The molecule has 0 radical (unpaired) electrons. The molecule has 4 heteroatoms. The smallest absolute Gasteiger partial charge is 0.328 e. The third-order valence-electron chi connectivity index (χ3n) is 2.32. The van der Waals surface area contributed by atoms with Gasteiger partial charge in [0.2, 0.25) is 0 Å². The molecule has 2 unspecified atom stereocenters. The van der Waals surface area contributed by atoms with E-state index in [9.17, 15) is 4.79 Å². The lowest BCUT2D eigenvalue weighted by atomic mass is 10.1. The number of carbonyl (C=O) groups is 1. The van der Waals surface area contributed by atoms with E-state index in [4.69, 9.17) is 15.3 Å². The number of rotatable bonds is 4. The second-order valence-electron chi connectivity index (χ2n) is 3.37. The van der Waals surface area contributed by atoms with Crippen molar-refractivity contribution in [3.63, 3.8) is 0 Å². The van der Waals surface area contributed by atoms with Crippen LogP contribution in [0.25, 0.3) is 0 Å². The fourth-order valence-electron chi connectivity index (χ4n) is 1.12. The molecule has 0 aliphatic rings. The van der Waals surface area contributed by atoms with Gasteiger partial charge in [0.05, 0.1) is 0 Å². The zero-order chi connectivity index (χ0) is 10.7. The molecule has 0 saturated carbocycles. The largest absolute Gasteiger partial charge is 0.480 e. The minimum absolute atomic E-state index is 0.296. The molecule has 14 heavy (non-hydrogen) atoms. The van der Waals surface area contributed by atoms with Crippen molar-refractivity contribution in [2.24, 2.45) is 5.73 Å². The van der Waals surface area contributed by atoms with Crippen LogP contribution in [0.1, 0.15) is 43.7 Å². The number of carboxylic acids is 1. The number of nitrogens with two attached hydrogens (primary N) is 1. The molecule has 0 spiro atoms. The van der Waals surface area contributed by atoms with Gasteiger partial charge in [-0.3, -0.25) is 4.79 Å². The summed E-state index contributed by atoms with van der Waals surface area (Å²) in [5.41, 5.74) is 5.40. The molecular weight excluding hydrogens is 182 g/mol. The normalized spacial score (nSPS) is 15.1. The average molecular weight is 197 g/mol. The summed E-state index contributed by atoms with van der Waals surface area (Å²) in [5, 5.41) is 8.66. The van der Waals surface area contributed by atoms with Crippen molar-refractivity contribution >= 4 is 5.97 Å². The Morgan fingerprint density at radius 1 is 1.57 bits per heavy atom. The number of furan rings is 1. The van der Waals surface area contributed by atoms with Crippen LogP contribution >= 0.6 is 0 Å². The Labute approximate surface area is 82.7 Å². The van der Waals surface area contributed by atoms with Crippen LogP contribution in [0, 0.1) is 0 Å². The predicted molar refractivity (Wildman–Crippen MR) is 52.0 cm³/mol. The number of aliphatic carboxylic acids is 1. The van der Waals surface area contributed by atoms with Gasteiger partial charge in [-0.25, -0.2) is 0 Å². The molecular formula is C10H15NO3. The standard InChI is InChI=1S/C10H15NO3/c1-3-6(2)7-4-5-8(14-7)9(11)10(12)13/h4-6,9H,3,11H2,1-2H3,(H,12,13). The van der Waals surface area contributed by atoms with Crippen molar-refractivity contribution in [3.05, 3.63) is 23.7 Å². The Morgan fingerprint density at radius 2 is 2.14 bits per heavy atom. The lowest BCUT2D eigenvalue weighted by molar-refractivity contribution is -0.139. The second-order valence-corrected chi connectivity index (χ2v) is 3.37. The highest BCUT2D eigenvalue weighted by Crippen LogP contribution is 2.23. The minimum Gasteiger partial charge on any atom is -0.480 e. The van der Waals surface area contributed by atoms with Crippen LogP contribution in [-0.4, -0.2) is 11.1 Å². The van der Waals surface area contributed by atoms with Crippen LogP contribution in [0.3, 0.4) is 0 Å². The molecule has 0 bridgehead atoms. The van der Waals surface area contributed by atoms with E-state index in [0.717, 1.165) is 12.2 Å². The van der Waals surface area contributed by atoms with Crippen molar-refractivity contribution in [1.82, 2.24) is 0 Å². The van der Waals surface area contributed by atoms with Gasteiger partial charge in [-0.1, -0.05) is 13.8 Å². The Balaban J connectivity index is 2.82. The van der Waals surface area contributed by atoms with Gasteiger partial charge in [0, 0.05) is 5.92 Å². The molecule has 4 nitrogen and oxygen atoms in total. The van der Waals surface area contributed by atoms with Crippen LogP contribution in [0.2, 0.25) is 0 Å². The van der Waals surface area contributed by atoms with Gasteiger partial charge in [0.15, 0.2) is 6.04 Å². The zero-order valence-electron chi connectivity index (χ0n) is 8.36. The fraction of sp³-hybridized carbons (Fsp3) is 0.500. The summed E-state index contributed by atoms with van der Waals surface area (Å²) in [6.07, 6.45) is 0.954. The average Bonchev–Trinajstić information content (AvgIpc) is 2.64. The quantitative estimate of drug-likeness (QED) is 0.772. The van der Waals surface area contributed by atoms with Gasteiger partial charge in [0.1, 0.15) is 11.5 Å². The maximum absolute atomic E-state index is 10.6. The summed E-state index contributed by atoms with van der Waals surface area (Å²) in [6, 6.07) is 2.35. The van der Waals surface area contributed by atoms with E-state index in [1.54, 1.807) is 12.1 Å². The van der Waals surface area contributed by atoms with Gasteiger partial charge in [-0.2, -0.15) is 0 Å². The molecule has 0 aromatic carbocycles. The first-order valence-corrected chi connectivity index (χ1v) is 4.64. The van der Waals surface area contributed by atoms with E-state index in [-0.39, 0.29) is 0 Å². The van der Waals surface area contributed by atoms with Gasteiger partial charge in [0.25, 0.3) is 0 Å². The minimum atomic E-state index is -1.07. The Hall–Kier alpha value is -1.29. The molecule has 0 amide bonds. The monoisotopic (exact) mass is 197 g/mol. The van der Waals surface area contributed by atoms with Crippen LogP contribution < -0.4 is 5.73 Å². The molecule has 1 rings (SSSR count). The molecule has 78 valence electrons. The van der Waals surface area contributed by atoms with Crippen molar-refractivity contribution in [1.29, 1.82) is 0 Å². The Bertz CT molecular complexity index is 319.